The maximum atomic E-state index is 11.7. The number of guanidine groups is 1. The molecule has 0 saturated carbocycles. The van der Waals surface area contributed by atoms with Crippen LogP contribution in [-0.2, 0) is 20.9 Å². The van der Waals surface area contributed by atoms with Crippen LogP contribution in [0.4, 0.5) is 0 Å². The Balaban J connectivity index is 2.00. The smallest absolute Gasteiger partial charge is 0.324 e. The Bertz CT molecular complexity index is 519. The predicted octanol–water partition coefficient (Wildman–Crippen LogP) is 0.515. The van der Waals surface area contributed by atoms with Crippen molar-refractivity contribution in [3.63, 3.8) is 0 Å². The van der Waals surface area contributed by atoms with Crippen LogP contribution < -0.4 is 5.32 Å². The first-order chi connectivity index (χ1) is 9.20. The molecule has 0 bridgehead atoms. The number of carbonyl (C=O) groups excluding carboxylic acids is 2. The van der Waals surface area contributed by atoms with Gasteiger partial charge in [-0.25, -0.2) is 9.98 Å². The van der Waals surface area contributed by atoms with E-state index in [1.165, 1.54) is 12.5 Å². The SMILES string of the molecule is CCOC(=O)C1C=NC(=NCc2ccco2)NC1=O. The Morgan fingerprint density at radius 2 is 2.47 bits per heavy atom. The van der Waals surface area contributed by atoms with E-state index in [1.807, 2.05) is 0 Å². The number of amides is 1. The molecule has 0 fully saturated rings. The minimum atomic E-state index is -1.01. The van der Waals surface area contributed by atoms with Crippen molar-refractivity contribution in [3.8, 4) is 0 Å². The molecule has 1 aromatic heterocycles. The molecule has 19 heavy (non-hydrogen) atoms. The van der Waals surface area contributed by atoms with Crippen LogP contribution in [0.15, 0.2) is 32.8 Å². The van der Waals surface area contributed by atoms with E-state index in [0.717, 1.165) is 0 Å². The summed E-state index contributed by atoms with van der Waals surface area (Å²) >= 11 is 0. The van der Waals surface area contributed by atoms with Gasteiger partial charge in [0.25, 0.3) is 0 Å². The molecule has 1 unspecified atom stereocenters. The van der Waals surface area contributed by atoms with Crippen molar-refractivity contribution in [1.82, 2.24) is 5.32 Å². The molecule has 1 amide bonds. The number of esters is 1. The first-order valence-corrected chi connectivity index (χ1v) is 5.79. The van der Waals surface area contributed by atoms with E-state index >= 15 is 0 Å². The summed E-state index contributed by atoms with van der Waals surface area (Å²) in [7, 11) is 0. The topological polar surface area (TPSA) is 93.3 Å². The summed E-state index contributed by atoms with van der Waals surface area (Å²) in [6, 6.07) is 3.51. The monoisotopic (exact) mass is 263 g/mol. The number of aliphatic imine (C=N–C) groups is 2. The second kappa shape index (κ2) is 5.94. The molecule has 1 aromatic rings. The van der Waals surface area contributed by atoms with Gasteiger partial charge in [0, 0.05) is 6.21 Å². The van der Waals surface area contributed by atoms with Gasteiger partial charge in [0.2, 0.25) is 11.9 Å². The first kappa shape index (κ1) is 13.0. The highest BCUT2D eigenvalue weighted by atomic mass is 16.5. The van der Waals surface area contributed by atoms with E-state index in [0.29, 0.717) is 5.76 Å². The molecule has 1 N–H and O–H groups in total. The highest BCUT2D eigenvalue weighted by Crippen LogP contribution is 2.05. The van der Waals surface area contributed by atoms with Gasteiger partial charge in [-0.1, -0.05) is 0 Å². The van der Waals surface area contributed by atoms with Crippen LogP contribution in [0.5, 0.6) is 0 Å². The minimum absolute atomic E-state index is 0.155. The number of ether oxygens (including phenoxy) is 1. The van der Waals surface area contributed by atoms with Crippen LogP contribution >= 0.6 is 0 Å². The zero-order chi connectivity index (χ0) is 13.7. The maximum Gasteiger partial charge on any atom is 0.324 e. The van der Waals surface area contributed by atoms with Crippen LogP contribution in [0.1, 0.15) is 12.7 Å². The summed E-state index contributed by atoms with van der Waals surface area (Å²) < 4.78 is 9.86. The minimum Gasteiger partial charge on any atom is -0.467 e. The van der Waals surface area contributed by atoms with Gasteiger partial charge >= 0.3 is 5.97 Å². The zero-order valence-corrected chi connectivity index (χ0v) is 10.3. The van der Waals surface area contributed by atoms with E-state index < -0.39 is 17.8 Å². The Morgan fingerprint density at radius 3 is 3.11 bits per heavy atom. The molecule has 2 rings (SSSR count). The largest absolute Gasteiger partial charge is 0.467 e. The molecule has 1 atom stereocenters. The number of hydrogen-bond acceptors (Lipinski definition) is 5. The van der Waals surface area contributed by atoms with Gasteiger partial charge in [0.15, 0.2) is 5.92 Å². The molecule has 0 aliphatic carbocycles. The molecule has 0 radical (unpaired) electrons. The van der Waals surface area contributed by atoms with Crippen LogP contribution in [0, 0.1) is 5.92 Å². The standard InChI is InChI=1S/C12H13N3O4/c1-2-18-11(17)9-7-14-12(15-10(9)16)13-6-8-4-3-5-19-8/h3-5,7,9H,2,6H2,1H3,(H,13,15,16). The van der Waals surface area contributed by atoms with Crippen LogP contribution in [0.2, 0.25) is 0 Å². The normalized spacial score (nSPS) is 20.4. The highest BCUT2D eigenvalue weighted by molar-refractivity contribution is 6.20. The van der Waals surface area contributed by atoms with Gasteiger partial charge < -0.3 is 9.15 Å². The van der Waals surface area contributed by atoms with Crippen LogP contribution in [0.3, 0.4) is 0 Å². The Labute approximate surface area is 109 Å². The lowest BCUT2D eigenvalue weighted by Crippen LogP contribution is -2.43. The number of hydrogen-bond donors (Lipinski definition) is 1. The fourth-order valence-electron chi connectivity index (χ4n) is 1.47. The van der Waals surface area contributed by atoms with Crippen molar-refractivity contribution in [2.24, 2.45) is 15.9 Å². The van der Waals surface area contributed by atoms with Gasteiger partial charge in [-0.3, -0.25) is 14.9 Å². The van der Waals surface area contributed by atoms with E-state index in [1.54, 1.807) is 19.1 Å². The van der Waals surface area contributed by atoms with E-state index in [9.17, 15) is 9.59 Å². The molecule has 0 aromatic carbocycles. The van der Waals surface area contributed by atoms with Crippen LogP contribution in [-0.4, -0.2) is 30.7 Å². The van der Waals surface area contributed by atoms with Crippen LogP contribution in [0.25, 0.3) is 0 Å². The molecule has 0 saturated heterocycles. The number of carbonyl (C=O) groups is 2. The second-order valence-electron chi connectivity index (χ2n) is 3.72. The molecule has 7 nitrogen and oxygen atoms in total. The molecular weight excluding hydrogens is 250 g/mol. The van der Waals surface area contributed by atoms with Gasteiger partial charge in [-0.15, -0.1) is 0 Å². The van der Waals surface area contributed by atoms with Gasteiger partial charge in [0.05, 0.1) is 12.9 Å². The van der Waals surface area contributed by atoms with E-state index in [2.05, 4.69) is 15.3 Å². The molecule has 2 heterocycles. The van der Waals surface area contributed by atoms with Gasteiger partial charge in [-0.05, 0) is 19.1 Å². The molecule has 1 aliphatic heterocycles. The molecule has 1 aliphatic rings. The molecule has 7 heteroatoms. The molecule has 0 spiro atoms. The summed E-state index contributed by atoms with van der Waals surface area (Å²) in [6.07, 6.45) is 2.77. The summed E-state index contributed by atoms with van der Waals surface area (Å²) in [5.41, 5.74) is 0. The van der Waals surface area contributed by atoms with E-state index in [4.69, 9.17) is 9.15 Å². The maximum absolute atomic E-state index is 11.7. The van der Waals surface area contributed by atoms with Gasteiger partial charge in [-0.2, -0.15) is 0 Å². The average molecular weight is 263 g/mol. The number of furan rings is 1. The fourth-order valence-corrected chi connectivity index (χ4v) is 1.47. The van der Waals surface area contributed by atoms with Crippen molar-refractivity contribution in [3.05, 3.63) is 24.2 Å². The third-order valence-electron chi connectivity index (χ3n) is 2.37. The van der Waals surface area contributed by atoms with Crippen molar-refractivity contribution in [1.29, 1.82) is 0 Å². The van der Waals surface area contributed by atoms with Crippen molar-refractivity contribution < 1.29 is 18.7 Å². The highest BCUT2D eigenvalue weighted by Gasteiger charge is 2.30. The summed E-state index contributed by atoms with van der Waals surface area (Å²) in [5.74, 6) is -1.31. The fraction of sp³-hybridized carbons (Fsp3) is 0.333. The zero-order valence-electron chi connectivity index (χ0n) is 10.3. The lowest BCUT2D eigenvalue weighted by molar-refractivity contribution is -0.148. The quantitative estimate of drug-likeness (QED) is 0.632. The lowest BCUT2D eigenvalue weighted by Gasteiger charge is -2.15. The number of nitrogens with one attached hydrogen (secondary N) is 1. The molecular formula is C12H13N3O4. The third kappa shape index (κ3) is 3.27. The lowest BCUT2D eigenvalue weighted by atomic mass is 10.1. The predicted molar refractivity (Wildman–Crippen MR) is 66.6 cm³/mol. The van der Waals surface area contributed by atoms with Gasteiger partial charge in [0.1, 0.15) is 12.3 Å². The summed E-state index contributed by atoms with van der Waals surface area (Å²) in [4.78, 5) is 31.1. The summed E-state index contributed by atoms with van der Waals surface area (Å²) in [6.45, 7) is 2.16. The van der Waals surface area contributed by atoms with Crippen molar-refractivity contribution >= 4 is 24.1 Å². The van der Waals surface area contributed by atoms with Crippen molar-refractivity contribution in [2.45, 2.75) is 13.5 Å². The number of nitrogens with zero attached hydrogens (tertiary/aromatic N) is 2. The Kier molecular flexibility index (Phi) is 4.07. The number of rotatable bonds is 4. The molecule has 100 valence electrons. The Hall–Kier alpha value is -2.44. The second-order valence-corrected chi connectivity index (χ2v) is 3.72. The average Bonchev–Trinajstić information content (AvgIpc) is 2.89. The van der Waals surface area contributed by atoms with Crippen molar-refractivity contribution in [2.75, 3.05) is 6.61 Å². The third-order valence-corrected chi connectivity index (χ3v) is 2.37. The Morgan fingerprint density at radius 1 is 1.63 bits per heavy atom. The van der Waals surface area contributed by atoms with E-state index in [-0.39, 0.29) is 19.1 Å². The summed E-state index contributed by atoms with van der Waals surface area (Å²) in [5, 5.41) is 2.44. The first-order valence-electron chi connectivity index (χ1n) is 5.79.